The van der Waals surface area contributed by atoms with Crippen molar-refractivity contribution >= 4 is 16.7 Å². The molecule has 7 nitrogen and oxygen atoms in total. The molecule has 0 amide bonds. The zero-order chi connectivity index (χ0) is 20.6. The third-order valence-electron chi connectivity index (χ3n) is 4.62. The first kappa shape index (κ1) is 20.8. The number of hydrogen-bond donors (Lipinski definition) is 2. The van der Waals surface area contributed by atoms with Gasteiger partial charge in [-0.3, -0.25) is 0 Å². The maximum Gasteiger partial charge on any atom is 0.248 e. The lowest BCUT2D eigenvalue weighted by atomic mass is 10.00. The molecule has 2 N–H and O–H groups in total. The Kier molecular flexibility index (Phi) is 7.19. The average molecular weight is 396 g/mol. The van der Waals surface area contributed by atoms with E-state index in [-0.39, 0.29) is 12.1 Å². The summed E-state index contributed by atoms with van der Waals surface area (Å²) in [6.07, 6.45) is -0.195. The Hall–Kier alpha value is -2.93. The van der Waals surface area contributed by atoms with Gasteiger partial charge in [0.05, 0.1) is 6.04 Å². The first-order chi connectivity index (χ1) is 14.1. The summed E-state index contributed by atoms with van der Waals surface area (Å²) in [6.45, 7) is 9.65. The summed E-state index contributed by atoms with van der Waals surface area (Å²) in [7, 11) is 0. The lowest BCUT2D eigenvalue weighted by Gasteiger charge is -2.19. The first-order valence-corrected chi connectivity index (χ1v) is 10.1. The summed E-state index contributed by atoms with van der Waals surface area (Å²) in [5, 5.41) is 13.2. The van der Waals surface area contributed by atoms with Crippen molar-refractivity contribution in [3.63, 3.8) is 0 Å². The van der Waals surface area contributed by atoms with Gasteiger partial charge in [-0.25, -0.2) is 4.99 Å². The first-order valence-electron chi connectivity index (χ1n) is 10.1. The van der Waals surface area contributed by atoms with E-state index in [9.17, 15) is 0 Å². The summed E-state index contributed by atoms with van der Waals surface area (Å²) in [5.41, 5.74) is 1.22. The van der Waals surface area contributed by atoms with Gasteiger partial charge in [0.15, 0.2) is 11.8 Å². The van der Waals surface area contributed by atoms with Crippen LogP contribution in [0.15, 0.2) is 52.0 Å². The zero-order valence-corrected chi connectivity index (χ0v) is 17.5. The fraction of sp³-hybridized carbons (Fsp3) is 0.409. The average Bonchev–Trinajstić information content (AvgIpc) is 3.21. The number of ether oxygens (including phenoxy) is 1. The smallest absolute Gasteiger partial charge is 0.248 e. The second-order valence-corrected chi connectivity index (χ2v) is 6.77. The third-order valence-corrected chi connectivity index (χ3v) is 4.62. The van der Waals surface area contributed by atoms with Crippen molar-refractivity contribution in [3.8, 4) is 0 Å². The molecule has 0 fully saturated rings. The molecule has 3 aromatic rings. The molecule has 3 rings (SSSR count). The van der Waals surface area contributed by atoms with Gasteiger partial charge in [0.25, 0.3) is 0 Å². The van der Waals surface area contributed by atoms with E-state index in [0.717, 1.165) is 6.54 Å². The molecule has 0 bridgehead atoms. The van der Waals surface area contributed by atoms with E-state index in [4.69, 9.17) is 9.26 Å². The van der Waals surface area contributed by atoms with Crippen molar-refractivity contribution in [2.75, 3.05) is 13.2 Å². The molecule has 0 aliphatic rings. The van der Waals surface area contributed by atoms with Crippen LogP contribution in [0, 0.1) is 0 Å². The Bertz CT molecular complexity index is 948. The molecule has 2 atom stereocenters. The molecular weight excluding hydrogens is 366 g/mol. The molecule has 0 saturated heterocycles. The Labute approximate surface area is 171 Å². The van der Waals surface area contributed by atoms with Crippen LogP contribution in [-0.2, 0) is 11.3 Å². The predicted molar refractivity (Wildman–Crippen MR) is 115 cm³/mol. The topological polar surface area (TPSA) is 84.6 Å². The van der Waals surface area contributed by atoms with E-state index in [1.165, 1.54) is 16.3 Å². The zero-order valence-electron chi connectivity index (χ0n) is 17.5. The molecule has 154 valence electrons. The maximum atomic E-state index is 5.50. The summed E-state index contributed by atoms with van der Waals surface area (Å²) >= 11 is 0. The van der Waals surface area contributed by atoms with Crippen LogP contribution in [-0.4, -0.2) is 29.3 Å². The van der Waals surface area contributed by atoms with Gasteiger partial charge >= 0.3 is 0 Å². The van der Waals surface area contributed by atoms with E-state index in [1.807, 2.05) is 20.8 Å². The molecule has 29 heavy (non-hydrogen) atoms. The second-order valence-electron chi connectivity index (χ2n) is 6.77. The largest absolute Gasteiger partial charge is 0.371 e. The molecule has 2 unspecified atom stereocenters. The molecule has 0 saturated carbocycles. The lowest BCUT2D eigenvalue weighted by molar-refractivity contribution is 0.0683. The fourth-order valence-electron chi connectivity index (χ4n) is 3.20. The number of rotatable bonds is 8. The normalized spacial score (nSPS) is 14.0. The molecule has 7 heteroatoms. The van der Waals surface area contributed by atoms with E-state index in [1.54, 1.807) is 0 Å². The molecule has 0 aliphatic carbocycles. The number of guanidine groups is 1. The van der Waals surface area contributed by atoms with Gasteiger partial charge in [-0.2, -0.15) is 4.98 Å². The van der Waals surface area contributed by atoms with E-state index in [0.29, 0.717) is 30.8 Å². The number of benzene rings is 2. The number of aromatic nitrogens is 2. The van der Waals surface area contributed by atoms with Crippen LogP contribution < -0.4 is 10.6 Å². The van der Waals surface area contributed by atoms with Gasteiger partial charge < -0.3 is 19.9 Å². The standard InChI is InChI=1S/C22H29N5O2/c1-5-23-22(24-14-20-26-21(27-29-20)16(4)28-6-2)25-15(3)18-13-9-11-17-10-7-8-12-19(17)18/h7-13,15-16H,5-6,14H2,1-4H3,(H2,23,24,25). The Morgan fingerprint density at radius 3 is 2.72 bits per heavy atom. The monoisotopic (exact) mass is 395 g/mol. The number of hydrogen-bond acceptors (Lipinski definition) is 5. The minimum atomic E-state index is -0.195. The van der Waals surface area contributed by atoms with E-state index < -0.39 is 0 Å². The summed E-state index contributed by atoms with van der Waals surface area (Å²) in [6, 6.07) is 14.8. The molecule has 0 spiro atoms. The number of fused-ring (bicyclic) bond motifs is 1. The fourth-order valence-corrected chi connectivity index (χ4v) is 3.20. The van der Waals surface area contributed by atoms with Gasteiger partial charge in [0, 0.05) is 13.2 Å². The highest BCUT2D eigenvalue weighted by Gasteiger charge is 2.14. The third kappa shape index (κ3) is 5.32. The van der Waals surface area contributed by atoms with Crippen LogP contribution in [0.5, 0.6) is 0 Å². The van der Waals surface area contributed by atoms with Crippen molar-refractivity contribution < 1.29 is 9.26 Å². The Morgan fingerprint density at radius 1 is 1.14 bits per heavy atom. The van der Waals surface area contributed by atoms with E-state index in [2.05, 4.69) is 75.2 Å². The lowest BCUT2D eigenvalue weighted by Crippen LogP contribution is -2.38. The van der Waals surface area contributed by atoms with Crippen LogP contribution in [0.4, 0.5) is 0 Å². The Morgan fingerprint density at radius 2 is 1.93 bits per heavy atom. The second kappa shape index (κ2) is 10.0. The van der Waals surface area contributed by atoms with Crippen molar-refractivity contribution in [1.29, 1.82) is 0 Å². The predicted octanol–water partition coefficient (Wildman–Crippen LogP) is 4.14. The highest BCUT2D eigenvalue weighted by molar-refractivity contribution is 5.87. The quantitative estimate of drug-likeness (QED) is 0.441. The molecule has 2 aromatic carbocycles. The molecule has 1 aromatic heterocycles. The van der Waals surface area contributed by atoms with Crippen LogP contribution in [0.2, 0.25) is 0 Å². The van der Waals surface area contributed by atoms with Crippen LogP contribution in [0.3, 0.4) is 0 Å². The number of nitrogens with one attached hydrogen (secondary N) is 2. The van der Waals surface area contributed by atoms with Gasteiger partial charge in [-0.1, -0.05) is 47.6 Å². The van der Waals surface area contributed by atoms with Gasteiger partial charge in [0.1, 0.15) is 12.6 Å². The minimum Gasteiger partial charge on any atom is -0.371 e. The van der Waals surface area contributed by atoms with Crippen LogP contribution in [0.25, 0.3) is 10.8 Å². The summed E-state index contributed by atoms with van der Waals surface area (Å²) in [5.74, 6) is 1.70. The summed E-state index contributed by atoms with van der Waals surface area (Å²) < 4.78 is 10.8. The van der Waals surface area contributed by atoms with Crippen molar-refractivity contribution in [2.45, 2.75) is 46.4 Å². The van der Waals surface area contributed by atoms with Gasteiger partial charge in [0.2, 0.25) is 5.89 Å². The van der Waals surface area contributed by atoms with E-state index >= 15 is 0 Å². The van der Waals surface area contributed by atoms with Crippen molar-refractivity contribution in [3.05, 3.63) is 59.7 Å². The van der Waals surface area contributed by atoms with Crippen molar-refractivity contribution in [1.82, 2.24) is 20.8 Å². The van der Waals surface area contributed by atoms with Gasteiger partial charge in [-0.05, 0) is 44.0 Å². The SMILES string of the molecule is CCNC(=NCc1nc(C(C)OCC)no1)NC(C)c1cccc2ccccc12. The van der Waals surface area contributed by atoms with Crippen LogP contribution in [0.1, 0.15) is 57.1 Å². The summed E-state index contributed by atoms with van der Waals surface area (Å²) in [4.78, 5) is 8.98. The van der Waals surface area contributed by atoms with Crippen molar-refractivity contribution in [2.24, 2.45) is 4.99 Å². The number of nitrogens with zero attached hydrogens (tertiary/aromatic N) is 3. The van der Waals surface area contributed by atoms with Gasteiger partial charge in [-0.15, -0.1) is 0 Å². The molecule has 1 heterocycles. The maximum absolute atomic E-state index is 5.50. The van der Waals surface area contributed by atoms with Crippen LogP contribution >= 0.6 is 0 Å². The molecule has 0 aliphatic heterocycles. The molecule has 0 radical (unpaired) electrons. The highest BCUT2D eigenvalue weighted by atomic mass is 16.5. The Balaban J connectivity index is 1.72. The molecular formula is C22H29N5O2. The number of aliphatic imine (C=N–C) groups is 1. The minimum absolute atomic E-state index is 0.0788. The highest BCUT2D eigenvalue weighted by Crippen LogP contribution is 2.24.